The third kappa shape index (κ3) is 4.19. The molecule has 1 aromatic heterocycles. The molecular weight excluding hydrogens is 430 g/mol. The Balaban J connectivity index is 1.48. The lowest BCUT2D eigenvalue weighted by Crippen LogP contribution is -2.49. The summed E-state index contributed by atoms with van der Waals surface area (Å²) in [5, 5.41) is 20.0. The number of aryl methyl sites for hydroxylation is 2. The highest BCUT2D eigenvalue weighted by molar-refractivity contribution is 7.89. The van der Waals surface area contributed by atoms with Gasteiger partial charge >= 0.3 is 0 Å². The van der Waals surface area contributed by atoms with Crippen LogP contribution in [-0.2, 0) is 10.0 Å². The quantitative estimate of drug-likeness (QED) is 0.431. The van der Waals surface area contributed by atoms with E-state index in [1.165, 1.54) is 34.1 Å². The van der Waals surface area contributed by atoms with E-state index in [1.54, 1.807) is 0 Å². The van der Waals surface area contributed by atoms with E-state index < -0.39 is 20.6 Å². The van der Waals surface area contributed by atoms with Gasteiger partial charge in [-0.3, -0.25) is 10.1 Å². The average molecular weight is 454 g/mol. The molecule has 1 saturated heterocycles. The molecule has 0 amide bonds. The fraction of sp³-hybridized carbons (Fsp3) is 0.273. The number of rotatable bonds is 5. The van der Waals surface area contributed by atoms with Gasteiger partial charge in [-0.25, -0.2) is 8.42 Å². The number of hydrogen-bond acceptors (Lipinski definition) is 7. The third-order valence-corrected chi connectivity index (χ3v) is 7.50. The van der Waals surface area contributed by atoms with Crippen LogP contribution >= 0.6 is 0 Å². The lowest BCUT2D eigenvalue weighted by molar-refractivity contribution is -0.387. The molecule has 0 N–H and O–H groups in total. The third-order valence-electron chi connectivity index (χ3n) is 5.55. The molecule has 32 heavy (non-hydrogen) atoms. The minimum atomic E-state index is -3.97. The van der Waals surface area contributed by atoms with Crippen molar-refractivity contribution >= 4 is 21.5 Å². The lowest BCUT2D eigenvalue weighted by Gasteiger charge is -2.34. The first-order valence-electron chi connectivity index (χ1n) is 10.2. The van der Waals surface area contributed by atoms with Gasteiger partial charge in [0.1, 0.15) is 0 Å². The van der Waals surface area contributed by atoms with Crippen LogP contribution in [-0.4, -0.2) is 54.0 Å². The van der Waals surface area contributed by atoms with Crippen LogP contribution in [0, 0.1) is 24.0 Å². The number of benzene rings is 2. The van der Waals surface area contributed by atoms with Crippen molar-refractivity contribution in [3.63, 3.8) is 0 Å². The van der Waals surface area contributed by atoms with Crippen molar-refractivity contribution in [2.45, 2.75) is 18.7 Å². The van der Waals surface area contributed by atoms with Crippen molar-refractivity contribution in [2.75, 3.05) is 31.1 Å². The number of nitro benzene ring substituents is 1. The zero-order chi connectivity index (χ0) is 22.9. The number of aromatic nitrogens is 2. The van der Waals surface area contributed by atoms with E-state index in [1.807, 2.05) is 43.0 Å². The van der Waals surface area contributed by atoms with Crippen LogP contribution in [0.2, 0.25) is 0 Å². The van der Waals surface area contributed by atoms with Crippen LogP contribution in [0.1, 0.15) is 11.1 Å². The molecule has 0 unspecified atom stereocenters. The highest BCUT2D eigenvalue weighted by atomic mass is 32.2. The monoisotopic (exact) mass is 453 g/mol. The molecule has 0 aliphatic carbocycles. The van der Waals surface area contributed by atoms with E-state index in [0.717, 1.165) is 16.8 Å². The van der Waals surface area contributed by atoms with Crippen LogP contribution in [0.4, 0.5) is 11.5 Å². The summed E-state index contributed by atoms with van der Waals surface area (Å²) in [6.07, 6.45) is 0. The molecule has 9 nitrogen and oxygen atoms in total. The topological polar surface area (TPSA) is 110 Å². The maximum atomic E-state index is 13.0. The molecule has 2 heterocycles. The van der Waals surface area contributed by atoms with Gasteiger partial charge < -0.3 is 4.90 Å². The van der Waals surface area contributed by atoms with E-state index in [0.29, 0.717) is 18.9 Å². The summed E-state index contributed by atoms with van der Waals surface area (Å²) in [5.41, 5.74) is 3.70. The van der Waals surface area contributed by atoms with E-state index in [2.05, 4.69) is 16.3 Å². The first kappa shape index (κ1) is 21.8. The Morgan fingerprint density at radius 2 is 1.66 bits per heavy atom. The van der Waals surface area contributed by atoms with Gasteiger partial charge in [-0.15, -0.1) is 10.2 Å². The molecular formula is C22H23N5O4S. The first-order chi connectivity index (χ1) is 15.3. The SMILES string of the molecule is Cc1ccc(-c2ccc(N3CCN(S(=O)(=O)c4ccccc4[N+](=O)[O-])CC3)nn2)c(C)c1. The molecule has 1 aliphatic rings. The molecule has 2 aromatic carbocycles. The predicted molar refractivity (Wildman–Crippen MR) is 121 cm³/mol. The average Bonchev–Trinajstić information content (AvgIpc) is 2.79. The number of piperazine rings is 1. The smallest absolute Gasteiger partial charge is 0.289 e. The van der Waals surface area contributed by atoms with Crippen LogP contribution in [0.15, 0.2) is 59.5 Å². The van der Waals surface area contributed by atoms with E-state index in [-0.39, 0.29) is 18.0 Å². The minimum Gasteiger partial charge on any atom is -0.352 e. The summed E-state index contributed by atoms with van der Waals surface area (Å²) < 4.78 is 27.3. The zero-order valence-corrected chi connectivity index (χ0v) is 18.6. The summed E-state index contributed by atoms with van der Waals surface area (Å²) in [6, 6.07) is 15.4. The van der Waals surface area contributed by atoms with E-state index in [4.69, 9.17) is 0 Å². The van der Waals surface area contributed by atoms with Crippen LogP contribution < -0.4 is 4.90 Å². The van der Waals surface area contributed by atoms with Gasteiger partial charge in [0.25, 0.3) is 5.69 Å². The summed E-state index contributed by atoms with van der Waals surface area (Å²) in [5.74, 6) is 0.668. The maximum absolute atomic E-state index is 13.0. The molecule has 0 radical (unpaired) electrons. The molecule has 166 valence electrons. The Hall–Kier alpha value is -3.37. The van der Waals surface area contributed by atoms with Crippen LogP contribution in [0.25, 0.3) is 11.3 Å². The Kier molecular flexibility index (Phi) is 5.90. The van der Waals surface area contributed by atoms with Crippen molar-refractivity contribution in [1.29, 1.82) is 0 Å². The summed E-state index contributed by atoms with van der Waals surface area (Å²) in [7, 11) is -3.97. The standard InChI is InChI=1S/C22H23N5O4S/c1-16-7-8-18(17(2)15-16)19-9-10-22(24-23-19)25-11-13-26(14-12-25)32(30,31)21-6-4-3-5-20(21)27(28)29/h3-10,15H,11-14H2,1-2H3. The molecule has 0 saturated carbocycles. The number of para-hydroxylation sites is 1. The number of nitrogens with zero attached hydrogens (tertiary/aromatic N) is 5. The number of sulfonamides is 1. The van der Waals surface area contributed by atoms with E-state index >= 15 is 0 Å². The molecule has 10 heteroatoms. The van der Waals surface area contributed by atoms with Gasteiger partial charge in [-0.2, -0.15) is 4.31 Å². The second-order valence-corrected chi connectivity index (χ2v) is 9.62. The summed E-state index contributed by atoms with van der Waals surface area (Å²) >= 11 is 0. The lowest BCUT2D eigenvalue weighted by atomic mass is 10.0. The second-order valence-electron chi connectivity index (χ2n) is 7.71. The highest BCUT2D eigenvalue weighted by Gasteiger charge is 2.33. The molecule has 3 aromatic rings. The molecule has 0 bridgehead atoms. The van der Waals surface area contributed by atoms with Crippen molar-refractivity contribution in [1.82, 2.24) is 14.5 Å². The fourth-order valence-corrected chi connectivity index (χ4v) is 5.44. The first-order valence-corrected chi connectivity index (χ1v) is 11.6. The molecule has 4 rings (SSSR count). The van der Waals surface area contributed by atoms with Gasteiger partial charge in [0, 0.05) is 37.8 Å². The van der Waals surface area contributed by atoms with Gasteiger partial charge in [0.15, 0.2) is 10.7 Å². The van der Waals surface area contributed by atoms with Crippen molar-refractivity contribution < 1.29 is 13.3 Å². The summed E-state index contributed by atoms with van der Waals surface area (Å²) in [4.78, 5) is 12.3. The Labute approximate surface area is 186 Å². The second kappa shape index (κ2) is 8.64. The largest absolute Gasteiger partial charge is 0.352 e. The number of hydrogen-bond donors (Lipinski definition) is 0. The number of anilines is 1. The van der Waals surface area contributed by atoms with E-state index in [9.17, 15) is 18.5 Å². The van der Waals surface area contributed by atoms with Crippen molar-refractivity contribution in [2.24, 2.45) is 0 Å². The van der Waals surface area contributed by atoms with Gasteiger partial charge in [0.2, 0.25) is 10.0 Å². The van der Waals surface area contributed by atoms with Gasteiger partial charge in [-0.1, -0.05) is 35.9 Å². The van der Waals surface area contributed by atoms with Gasteiger partial charge in [0.05, 0.1) is 10.6 Å². The Morgan fingerprint density at radius 1 is 0.938 bits per heavy atom. The van der Waals surface area contributed by atoms with Crippen molar-refractivity contribution in [3.05, 3.63) is 75.8 Å². The fourth-order valence-electron chi connectivity index (χ4n) is 3.86. The van der Waals surface area contributed by atoms with Gasteiger partial charge in [-0.05, 0) is 37.6 Å². The normalized spacial score (nSPS) is 15.0. The minimum absolute atomic E-state index is 0.203. The van der Waals surface area contributed by atoms with Crippen LogP contribution in [0.5, 0.6) is 0 Å². The maximum Gasteiger partial charge on any atom is 0.289 e. The molecule has 0 atom stereocenters. The summed E-state index contributed by atoms with van der Waals surface area (Å²) in [6.45, 7) is 5.31. The van der Waals surface area contributed by atoms with Crippen molar-refractivity contribution in [3.8, 4) is 11.3 Å². The molecule has 0 spiro atoms. The van der Waals surface area contributed by atoms with Crippen LogP contribution in [0.3, 0.4) is 0 Å². The predicted octanol–water partition coefficient (Wildman–Crippen LogP) is 3.18. The molecule has 1 fully saturated rings. The zero-order valence-electron chi connectivity index (χ0n) is 17.8. The Bertz CT molecular complexity index is 1250. The highest BCUT2D eigenvalue weighted by Crippen LogP contribution is 2.28. The molecule has 1 aliphatic heterocycles. The number of nitro groups is 1. The Morgan fingerprint density at radius 3 is 2.28 bits per heavy atom.